The molecule has 1 aromatic rings. The van der Waals surface area contributed by atoms with Crippen LogP contribution in [0.2, 0.25) is 10.3 Å². The predicted octanol–water partition coefficient (Wildman–Crippen LogP) is 3.40. The van der Waals surface area contributed by atoms with Crippen molar-refractivity contribution in [1.82, 2.24) is 10.3 Å². The second-order valence-electron chi connectivity index (χ2n) is 4.34. The first kappa shape index (κ1) is 14.0. The maximum atomic E-state index is 12.0. The van der Waals surface area contributed by atoms with Gasteiger partial charge in [0.1, 0.15) is 10.3 Å². The van der Waals surface area contributed by atoms with Gasteiger partial charge in [-0.25, -0.2) is 4.98 Å². The number of thioether (sulfide) groups is 1. The summed E-state index contributed by atoms with van der Waals surface area (Å²) < 4.78 is 0. The van der Waals surface area contributed by atoms with Crippen molar-refractivity contribution in [1.29, 1.82) is 0 Å². The normalized spacial score (nSPS) is 23.1. The van der Waals surface area contributed by atoms with Crippen molar-refractivity contribution in [3.8, 4) is 0 Å². The summed E-state index contributed by atoms with van der Waals surface area (Å²) in [5.41, 5.74) is 0.465. The Kier molecular flexibility index (Phi) is 4.76. The molecule has 2 rings (SSSR count). The van der Waals surface area contributed by atoms with Crippen molar-refractivity contribution in [2.24, 2.45) is 0 Å². The zero-order valence-corrected chi connectivity index (χ0v) is 12.3. The third-order valence-electron chi connectivity index (χ3n) is 3.08. The Labute approximate surface area is 121 Å². The Morgan fingerprint density at radius 3 is 2.61 bits per heavy atom. The summed E-state index contributed by atoms with van der Waals surface area (Å²) in [6, 6.07) is 3.31. The van der Waals surface area contributed by atoms with Crippen molar-refractivity contribution in [2.45, 2.75) is 30.6 Å². The molecule has 1 aliphatic carbocycles. The standard InChI is InChI=1S/C12H14Cl2N2OS/c1-18-9-3-2-8(6-9)15-12(17)7-4-10(13)16-11(14)5-7/h4-5,8-9H,2-3,6H2,1H3,(H,15,17). The molecule has 1 fully saturated rings. The highest BCUT2D eigenvalue weighted by Gasteiger charge is 2.25. The lowest BCUT2D eigenvalue weighted by molar-refractivity contribution is 0.0938. The van der Waals surface area contributed by atoms with Crippen LogP contribution in [0.15, 0.2) is 12.1 Å². The molecule has 1 aliphatic rings. The van der Waals surface area contributed by atoms with Crippen molar-refractivity contribution in [2.75, 3.05) is 6.26 Å². The molecule has 1 saturated carbocycles. The van der Waals surface area contributed by atoms with E-state index in [4.69, 9.17) is 23.2 Å². The number of hydrogen-bond acceptors (Lipinski definition) is 3. The number of amides is 1. The Hall–Kier alpha value is -0.450. The van der Waals surface area contributed by atoms with Gasteiger partial charge in [0, 0.05) is 16.9 Å². The SMILES string of the molecule is CSC1CCC(NC(=O)c2cc(Cl)nc(Cl)c2)C1. The Balaban J connectivity index is 1.99. The van der Waals surface area contributed by atoms with E-state index in [1.54, 1.807) is 0 Å². The zero-order chi connectivity index (χ0) is 13.1. The molecule has 98 valence electrons. The van der Waals surface area contributed by atoms with Gasteiger partial charge >= 0.3 is 0 Å². The Morgan fingerprint density at radius 2 is 2.06 bits per heavy atom. The first-order chi connectivity index (χ1) is 8.58. The van der Waals surface area contributed by atoms with Gasteiger partial charge in [-0.15, -0.1) is 0 Å². The van der Waals surface area contributed by atoms with E-state index in [-0.39, 0.29) is 22.3 Å². The van der Waals surface area contributed by atoms with Crippen LogP contribution in [0.5, 0.6) is 0 Å². The molecule has 0 bridgehead atoms. The molecular weight excluding hydrogens is 291 g/mol. The first-order valence-electron chi connectivity index (χ1n) is 5.75. The summed E-state index contributed by atoms with van der Waals surface area (Å²) in [6.07, 6.45) is 5.32. The van der Waals surface area contributed by atoms with Crippen LogP contribution in [0.3, 0.4) is 0 Å². The van der Waals surface area contributed by atoms with E-state index in [9.17, 15) is 4.79 Å². The number of carbonyl (C=O) groups is 1. The molecule has 2 atom stereocenters. The molecule has 0 aliphatic heterocycles. The van der Waals surface area contributed by atoms with E-state index in [1.807, 2.05) is 11.8 Å². The van der Waals surface area contributed by atoms with Gasteiger partial charge in [0.05, 0.1) is 0 Å². The van der Waals surface area contributed by atoms with Gasteiger partial charge in [-0.1, -0.05) is 23.2 Å². The van der Waals surface area contributed by atoms with Crippen LogP contribution < -0.4 is 5.32 Å². The lowest BCUT2D eigenvalue weighted by atomic mass is 10.2. The van der Waals surface area contributed by atoms with E-state index in [0.717, 1.165) is 19.3 Å². The molecule has 1 heterocycles. The molecule has 18 heavy (non-hydrogen) atoms. The predicted molar refractivity (Wildman–Crippen MR) is 76.7 cm³/mol. The first-order valence-corrected chi connectivity index (χ1v) is 7.79. The highest BCUT2D eigenvalue weighted by atomic mass is 35.5. The maximum Gasteiger partial charge on any atom is 0.251 e. The quantitative estimate of drug-likeness (QED) is 0.870. The second-order valence-corrected chi connectivity index (χ2v) is 6.25. The molecule has 0 saturated heterocycles. The number of carbonyl (C=O) groups excluding carboxylic acids is 1. The highest BCUT2D eigenvalue weighted by molar-refractivity contribution is 7.99. The Bertz CT molecular complexity index is 435. The number of hydrogen-bond donors (Lipinski definition) is 1. The minimum Gasteiger partial charge on any atom is -0.349 e. The molecule has 3 nitrogen and oxygen atoms in total. The minimum atomic E-state index is -0.132. The lowest BCUT2D eigenvalue weighted by Gasteiger charge is -2.13. The van der Waals surface area contributed by atoms with E-state index in [2.05, 4.69) is 16.6 Å². The summed E-state index contributed by atoms with van der Waals surface area (Å²) in [7, 11) is 0. The monoisotopic (exact) mass is 304 g/mol. The molecular formula is C12H14Cl2N2OS. The van der Waals surface area contributed by atoms with Gasteiger partial charge < -0.3 is 5.32 Å². The van der Waals surface area contributed by atoms with Crippen LogP contribution in [0.25, 0.3) is 0 Å². The van der Waals surface area contributed by atoms with E-state index < -0.39 is 0 Å². The van der Waals surface area contributed by atoms with Gasteiger partial charge in [-0.05, 0) is 37.7 Å². The largest absolute Gasteiger partial charge is 0.349 e. The van der Waals surface area contributed by atoms with Crippen LogP contribution >= 0.6 is 35.0 Å². The van der Waals surface area contributed by atoms with Gasteiger partial charge in [0.15, 0.2) is 0 Å². The van der Waals surface area contributed by atoms with Crippen molar-refractivity contribution in [3.05, 3.63) is 28.0 Å². The maximum absolute atomic E-state index is 12.0. The molecule has 1 aromatic heterocycles. The lowest BCUT2D eigenvalue weighted by Crippen LogP contribution is -2.33. The molecule has 0 radical (unpaired) electrons. The Morgan fingerprint density at radius 1 is 1.39 bits per heavy atom. The number of aromatic nitrogens is 1. The fourth-order valence-electron chi connectivity index (χ4n) is 2.15. The van der Waals surface area contributed by atoms with Crippen LogP contribution in [-0.4, -0.2) is 28.4 Å². The van der Waals surface area contributed by atoms with Gasteiger partial charge in [-0.2, -0.15) is 11.8 Å². The van der Waals surface area contributed by atoms with Crippen LogP contribution in [-0.2, 0) is 0 Å². The van der Waals surface area contributed by atoms with Crippen LogP contribution in [0.1, 0.15) is 29.6 Å². The molecule has 1 N–H and O–H groups in total. The van der Waals surface area contributed by atoms with Crippen LogP contribution in [0.4, 0.5) is 0 Å². The fraction of sp³-hybridized carbons (Fsp3) is 0.500. The van der Waals surface area contributed by atoms with E-state index in [1.165, 1.54) is 12.1 Å². The van der Waals surface area contributed by atoms with Crippen molar-refractivity contribution < 1.29 is 4.79 Å². The van der Waals surface area contributed by atoms with E-state index >= 15 is 0 Å². The molecule has 0 spiro atoms. The summed E-state index contributed by atoms with van der Waals surface area (Å²) in [5.74, 6) is -0.132. The average Bonchev–Trinajstić information content (AvgIpc) is 2.75. The second kappa shape index (κ2) is 6.13. The summed E-state index contributed by atoms with van der Waals surface area (Å²) >= 11 is 13.4. The topological polar surface area (TPSA) is 42.0 Å². The molecule has 1 amide bonds. The fourth-order valence-corrected chi connectivity index (χ4v) is 3.41. The van der Waals surface area contributed by atoms with Gasteiger partial charge in [0.25, 0.3) is 5.91 Å². The number of pyridine rings is 1. The summed E-state index contributed by atoms with van der Waals surface area (Å²) in [6.45, 7) is 0. The number of nitrogens with zero attached hydrogens (tertiary/aromatic N) is 1. The third-order valence-corrected chi connectivity index (χ3v) is 4.56. The van der Waals surface area contributed by atoms with Gasteiger partial charge in [-0.3, -0.25) is 4.79 Å². The highest BCUT2D eigenvalue weighted by Crippen LogP contribution is 2.28. The third kappa shape index (κ3) is 3.53. The van der Waals surface area contributed by atoms with E-state index in [0.29, 0.717) is 10.8 Å². The molecule has 2 unspecified atom stereocenters. The van der Waals surface area contributed by atoms with Crippen LogP contribution in [0, 0.1) is 0 Å². The summed E-state index contributed by atoms with van der Waals surface area (Å²) in [5, 5.41) is 4.14. The smallest absolute Gasteiger partial charge is 0.251 e. The minimum absolute atomic E-state index is 0.132. The molecule has 0 aromatic carbocycles. The summed E-state index contributed by atoms with van der Waals surface area (Å²) in [4.78, 5) is 15.9. The van der Waals surface area contributed by atoms with Crippen molar-refractivity contribution >= 4 is 40.9 Å². The zero-order valence-electron chi connectivity index (χ0n) is 9.95. The number of halogens is 2. The van der Waals surface area contributed by atoms with Gasteiger partial charge in [0.2, 0.25) is 0 Å². The average molecular weight is 305 g/mol. The molecule has 6 heteroatoms. The number of rotatable bonds is 3. The van der Waals surface area contributed by atoms with Crippen molar-refractivity contribution in [3.63, 3.8) is 0 Å². The number of nitrogens with one attached hydrogen (secondary N) is 1.